The van der Waals surface area contributed by atoms with Crippen molar-refractivity contribution in [3.05, 3.63) is 24.3 Å². The molecule has 0 aromatic heterocycles. The van der Waals surface area contributed by atoms with Crippen LogP contribution in [-0.2, 0) is 4.79 Å². The molecule has 1 saturated heterocycles. The second kappa shape index (κ2) is 11.7. The number of nitrogens with zero attached hydrogens (tertiary/aromatic N) is 1. The first-order chi connectivity index (χ1) is 15.4. The number of carbonyl (C=O) groups is 3. The van der Waals surface area contributed by atoms with Crippen LogP contribution in [0.4, 0.5) is 21.0 Å². The summed E-state index contributed by atoms with van der Waals surface area (Å²) in [5.41, 5.74) is 1.29. The highest BCUT2D eigenvalue weighted by Gasteiger charge is 2.29. The number of urea groups is 2. The summed E-state index contributed by atoms with van der Waals surface area (Å²) in [5, 5.41) is 11.5. The third-order valence-corrected chi connectivity index (χ3v) is 6.18. The fourth-order valence-corrected chi connectivity index (χ4v) is 4.42. The Morgan fingerprint density at radius 3 is 2.25 bits per heavy atom. The summed E-state index contributed by atoms with van der Waals surface area (Å²) in [7, 11) is 0. The first-order valence-electron chi connectivity index (χ1n) is 11.9. The molecule has 1 saturated carbocycles. The minimum atomic E-state index is -0.266. The maximum atomic E-state index is 12.7. The zero-order valence-electron chi connectivity index (χ0n) is 19.3. The predicted molar refractivity (Wildman–Crippen MR) is 127 cm³/mol. The van der Waals surface area contributed by atoms with E-state index in [4.69, 9.17) is 0 Å². The van der Waals surface area contributed by atoms with Crippen LogP contribution in [0.3, 0.4) is 0 Å². The molecule has 3 rings (SSSR count). The van der Waals surface area contributed by atoms with E-state index in [1.54, 1.807) is 29.2 Å². The molecule has 1 atom stereocenters. The van der Waals surface area contributed by atoms with Crippen LogP contribution in [0.25, 0.3) is 0 Å². The highest BCUT2D eigenvalue weighted by atomic mass is 16.2. The second-order valence-electron chi connectivity index (χ2n) is 9.30. The van der Waals surface area contributed by atoms with Crippen molar-refractivity contribution in [3.8, 4) is 0 Å². The lowest BCUT2D eigenvalue weighted by atomic mass is 9.89. The first-order valence-corrected chi connectivity index (χ1v) is 11.9. The van der Waals surface area contributed by atoms with E-state index in [2.05, 4.69) is 21.3 Å². The molecule has 5 amide bonds. The molecule has 4 N–H and O–H groups in total. The van der Waals surface area contributed by atoms with Gasteiger partial charge in [0.2, 0.25) is 5.91 Å². The Balaban J connectivity index is 1.45. The zero-order valence-corrected chi connectivity index (χ0v) is 19.3. The fraction of sp³-hybridized carbons (Fsp3) is 0.625. The van der Waals surface area contributed by atoms with Crippen molar-refractivity contribution in [2.75, 3.05) is 30.3 Å². The molecule has 176 valence electrons. The Hall–Kier alpha value is -2.77. The topological polar surface area (TPSA) is 103 Å². The molecule has 1 unspecified atom stereocenters. The number of anilines is 2. The van der Waals surface area contributed by atoms with Gasteiger partial charge in [-0.15, -0.1) is 0 Å². The van der Waals surface area contributed by atoms with Crippen molar-refractivity contribution in [1.29, 1.82) is 0 Å². The van der Waals surface area contributed by atoms with E-state index in [-0.39, 0.29) is 29.9 Å². The molecule has 2 fully saturated rings. The second-order valence-corrected chi connectivity index (χ2v) is 9.30. The lowest BCUT2D eigenvalue weighted by Gasteiger charge is -2.32. The number of rotatable bonds is 6. The average Bonchev–Trinajstić information content (AvgIpc) is 2.79. The Morgan fingerprint density at radius 1 is 0.938 bits per heavy atom. The first kappa shape index (κ1) is 23.9. The van der Waals surface area contributed by atoms with E-state index in [1.165, 1.54) is 32.1 Å². The molecule has 0 spiro atoms. The SMILES string of the molecule is CC(C)NC(=O)Nc1ccc(NC(=O)N2CCCC(C(=O)NCC3CCCCC3)C2)cc1. The molecule has 1 heterocycles. The minimum Gasteiger partial charge on any atom is -0.356 e. The number of hydrogen-bond donors (Lipinski definition) is 4. The van der Waals surface area contributed by atoms with Gasteiger partial charge in [-0.3, -0.25) is 4.79 Å². The average molecular weight is 444 g/mol. The van der Waals surface area contributed by atoms with Gasteiger partial charge >= 0.3 is 12.1 Å². The Kier molecular flexibility index (Phi) is 8.76. The van der Waals surface area contributed by atoms with Crippen LogP contribution >= 0.6 is 0 Å². The highest BCUT2D eigenvalue weighted by Crippen LogP contribution is 2.23. The van der Waals surface area contributed by atoms with Crippen LogP contribution in [0, 0.1) is 11.8 Å². The summed E-state index contributed by atoms with van der Waals surface area (Å²) in [5.74, 6) is 0.525. The van der Waals surface area contributed by atoms with Crippen LogP contribution < -0.4 is 21.3 Å². The Labute approximate surface area is 190 Å². The molecular formula is C24H37N5O3. The van der Waals surface area contributed by atoms with Crippen LogP contribution in [0.2, 0.25) is 0 Å². The molecule has 1 aliphatic heterocycles. The normalized spacial score (nSPS) is 19.3. The smallest absolute Gasteiger partial charge is 0.321 e. The molecule has 2 aliphatic rings. The molecule has 8 nitrogen and oxygen atoms in total. The van der Waals surface area contributed by atoms with Crippen LogP contribution in [0.5, 0.6) is 0 Å². The van der Waals surface area contributed by atoms with E-state index in [9.17, 15) is 14.4 Å². The molecule has 1 aliphatic carbocycles. The van der Waals surface area contributed by atoms with E-state index >= 15 is 0 Å². The van der Waals surface area contributed by atoms with Gasteiger partial charge in [-0.05, 0) is 69.7 Å². The van der Waals surface area contributed by atoms with Gasteiger partial charge in [-0.1, -0.05) is 19.3 Å². The van der Waals surface area contributed by atoms with Gasteiger partial charge in [-0.2, -0.15) is 0 Å². The van der Waals surface area contributed by atoms with Gasteiger partial charge in [-0.25, -0.2) is 9.59 Å². The highest BCUT2D eigenvalue weighted by molar-refractivity contribution is 5.92. The largest absolute Gasteiger partial charge is 0.356 e. The molecule has 8 heteroatoms. The van der Waals surface area contributed by atoms with Crippen LogP contribution in [0.1, 0.15) is 58.8 Å². The lowest BCUT2D eigenvalue weighted by Crippen LogP contribution is -2.47. The molecule has 32 heavy (non-hydrogen) atoms. The number of piperidine rings is 1. The number of nitrogens with one attached hydrogen (secondary N) is 4. The van der Waals surface area contributed by atoms with Crippen molar-refractivity contribution in [2.24, 2.45) is 11.8 Å². The fourth-order valence-electron chi connectivity index (χ4n) is 4.42. The number of likely N-dealkylation sites (tertiary alicyclic amines) is 1. The summed E-state index contributed by atoms with van der Waals surface area (Å²) in [6, 6.07) is 6.57. The maximum Gasteiger partial charge on any atom is 0.321 e. The number of amides is 5. The number of hydrogen-bond acceptors (Lipinski definition) is 3. The summed E-state index contributed by atoms with van der Waals surface area (Å²) in [6.07, 6.45) is 7.89. The van der Waals surface area contributed by atoms with Crippen LogP contribution in [-0.4, -0.2) is 48.5 Å². The summed E-state index contributed by atoms with van der Waals surface area (Å²) in [6.45, 7) is 5.63. The molecular weight excluding hydrogens is 406 g/mol. The van der Waals surface area contributed by atoms with Gasteiger partial charge in [0.25, 0.3) is 0 Å². The molecule has 1 aromatic carbocycles. The van der Waals surface area contributed by atoms with Gasteiger partial charge in [0.1, 0.15) is 0 Å². The molecule has 1 aromatic rings. The van der Waals surface area contributed by atoms with Crippen molar-refractivity contribution in [1.82, 2.24) is 15.5 Å². The molecule has 0 bridgehead atoms. The summed E-state index contributed by atoms with van der Waals surface area (Å²) in [4.78, 5) is 38.9. The van der Waals surface area contributed by atoms with Crippen molar-refractivity contribution < 1.29 is 14.4 Å². The Morgan fingerprint density at radius 2 is 1.59 bits per heavy atom. The zero-order chi connectivity index (χ0) is 22.9. The maximum absolute atomic E-state index is 12.7. The monoisotopic (exact) mass is 443 g/mol. The van der Waals surface area contributed by atoms with E-state index < -0.39 is 0 Å². The number of carbonyl (C=O) groups excluding carboxylic acids is 3. The summed E-state index contributed by atoms with van der Waals surface area (Å²) < 4.78 is 0. The quantitative estimate of drug-likeness (QED) is 0.531. The van der Waals surface area contributed by atoms with Gasteiger partial charge in [0.15, 0.2) is 0 Å². The predicted octanol–water partition coefficient (Wildman–Crippen LogP) is 4.16. The third-order valence-electron chi connectivity index (χ3n) is 6.18. The van der Waals surface area contributed by atoms with Crippen LogP contribution in [0.15, 0.2) is 24.3 Å². The van der Waals surface area contributed by atoms with E-state index in [1.807, 2.05) is 13.8 Å². The third kappa shape index (κ3) is 7.43. The summed E-state index contributed by atoms with van der Waals surface area (Å²) >= 11 is 0. The standard InChI is InChI=1S/C24H37N5O3/c1-17(2)26-23(31)27-20-10-12-21(13-11-20)28-24(32)29-14-6-9-19(16-29)22(30)25-15-18-7-4-3-5-8-18/h10-13,17-19H,3-9,14-16H2,1-2H3,(H,25,30)(H,28,32)(H2,26,27,31). The Bertz CT molecular complexity index is 774. The lowest BCUT2D eigenvalue weighted by molar-refractivity contribution is -0.126. The van der Waals surface area contributed by atoms with Crippen molar-refractivity contribution >= 4 is 29.3 Å². The van der Waals surface area contributed by atoms with Gasteiger partial charge in [0, 0.05) is 37.1 Å². The minimum absolute atomic E-state index is 0.0521. The number of benzene rings is 1. The van der Waals surface area contributed by atoms with Gasteiger partial charge < -0.3 is 26.2 Å². The van der Waals surface area contributed by atoms with E-state index in [0.717, 1.165) is 19.4 Å². The molecule has 0 radical (unpaired) electrons. The van der Waals surface area contributed by atoms with Crippen molar-refractivity contribution in [2.45, 2.75) is 64.8 Å². The van der Waals surface area contributed by atoms with Gasteiger partial charge in [0.05, 0.1) is 5.92 Å². The van der Waals surface area contributed by atoms with E-state index in [0.29, 0.717) is 30.4 Å². The van der Waals surface area contributed by atoms with Crippen molar-refractivity contribution in [3.63, 3.8) is 0 Å².